The topological polar surface area (TPSA) is 75.7 Å². The fraction of sp³-hybridized carbons (Fsp3) is 0.536. The van der Waals surface area contributed by atoms with E-state index in [4.69, 9.17) is 4.74 Å². The SMILES string of the molecule is CCNS(=O)(=O)C(C)(CC)c1ccc(OCCCCC2CCN(C(=O)c3ccccc3)CC2)cc1. The summed E-state index contributed by atoms with van der Waals surface area (Å²) in [5.41, 5.74) is 1.54. The number of ether oxygens (including phenoxy) is 1. The molecule has 0 spiro atoms. The Hall–Kier alpha value is -2.38. The van der Waals surface area contributed by atoms with Crippen molar-refractivity contribution in [1.82, 2.24) is 9.62 Å². The highest BCUT2D eigenvalue weighted by atomic mass is 32.2. The van der Waals surface area contributed by atoms with Crippen LogP contribution in [0.3, 0.4) is 0 Å². The highest BCUT2D eigenvalue weighted by molar-refractivity contribution is 7.90. The molecule has 192 valence electrons. The number of sulfonamides is 1. The van der Waals surface area contributed by atoms with Gasteiger partial charge in [0.15, 0.2) is 0 Å². The van der Waals surface area contributed by atoms with E-state index in [0.717, 1.165) is 62.1 Å². The van der Waals surface area contributed by atoms with Gasteiger partial charge in [-0.2, -0.15) is 0 Å². The van der Waals surface area contributed by atoms with Crippen molar-refractivity contribution < 1.29 is 17.9 Å². The van der Waals surface area contributed by atoms with Gasteiger partial charge in [0.25, 0.3) is 5.91 Å². The number of rotatable bonds is 12. The van der Waals surface area contributed by atoms with Crippen LogP contribution in [0.1, 0.15) is 75.2 Å². The van der Waals surface area contributed by atoms with Crippen LogP contribution in [0.5, 0.6) is 5.75 Å². The quantitative estimate of drug-likeness (QED) is 0.399. The van der Waals surface area contributed by atoms with Gasteiger partial charge in [0.2, 0.25) is 10.0 Å². The smallest absolute Gasteiger partial charge is 0.253 e. The largest absolute Gasteiger partial charge is 0.494 e. The molecule has 0 bridgehead atoms. The van der Waals surface area contributed by atoms with Gasteiger partial charge in [-0.15, -0.1) is 0 Å². The first-order chi connectivity index (χ1) is 16.8. The molecule has 1 heterocycles. The Morgan fingerprint density at radius 2 is 1.69 bits per heavy atom. The molecular formula is C28H40N2O4S. The Morgan fingerprint density at radius 1 is 1.03 bits per heavy atom. The van der Waals surface area contributed by atoms with Crippen molar-refractivity contribution in [3.05, 3.63) is 65.7 Å². The number of carbonyl (C=O) groups excluding carboxylic acids is 1. The molecule has 0 radical (unpaired) electrons. The first kappa shape index (κ1) is 27.2. The Labute approximate surface area is 211 Å². The van der Waals surface area contributed by atoms with Crippen LogP contribution in [0.25, 0.3) is 0 Å². The zero-order valence-corrected chi connectivity index (χ0v) is 22.1. The predicted octanol–water partition coefficient (Wildman–Crippen LogP) is 5.35. The van der Waals surface area contributed by atoms with Gasteiger partial charge >= 0.3 is 0 Å². The summed E-state index contributed by atoms with van der Waals surface area (Å²) in [6.45, 7) is 8.14. The normalized spacial score (nSPS) is 16.6. The Balaban J connectivity index is 1.38. The zero-order valence-electron chi connectivity index (χ0n) is 21.3. The van der Waals surface area contributed by atoms with Gasteiger partial charge in [0.1, 0.15) is 10.5 Å². The lowest BCUT2D eigenvalue weighted by Gasteiger charge is -2.32. The molecule has 35 heavy (non-hydrogen) atoms. The fourth-order valence-corrected chi connectivity index (χ4v) is 6.24. The van der Waals surface area contributed by atoms with E-state index in [1.165, 1.54) is 0 Å². The van der Waals surface area contributed by atoms with Crippen molar-refractivity contribution in [2.45, 2.75) is 64.0 Å². The minimum Gasteiger partial charge on any atom is -0.494 e. The second kappa shape index (κ2) is 12.5. The van der Waals surface area contributed by atoms with Crippen molar-refractivity contribution >= 4 is 15.9 Å². The van der Waals surface area contributed by atoms with Crippen molar-refractivity contribution in [2.75, 3.05) is 26.2 Å². The molecule has 1 amide bonds. The number of nitrogens with zero attached hydrogens (tertiary/aromatic N) is 1. The molecule has 0 aromatic heterocycles. The summed E-state index contributed by atoms with van der Waals surface area (Å²) in [6.07, 6.45) is 5.85. The molecule has 1 unspecified atom stereocenters. The minimum absolute atomic E-state index is 0.141. The number of amides is 1. The molecule has 6 nitrogen and oxygen atoms in total. The predicted molar refractivity (Wildman–Crippen MR) is 141 cm³/mol. The molecule has 3 rings (SSSR count). The number of hydrogen-bond donors (Lipinski definition) is 1. The minimum atomic E-state index is -3.46. The van der Waals surface area contributed by atoms with E-state index in [1.807, 2.05) is 66.4 Å². The molecule has 7 heteroatoms. The first-order valence-electron chi connectivity index (χ1n) is 12.9. The molecule has 1 aliphatic rings. The third kappa shape index (κ3) is 6.85. The third-order valence-electron chi connectivity index (χ3n) is 7.27. The number of likely N-dealkylation sites (tertiary alicyclic amines) is 1. The summed E-state index contributed by atoms with van der Waals surface area (Å²) in [6, 6.07) is 17.0. The van der Waals surface area contributed by atoms with Crippen LogP contribution in [0.4, 0.5) is 0 Å². The van der Waals surface area contributed by atoms with Gasteiger partial charge in [-0.1, -0.05) is 50.6 Å². The van der Waals surface area contributed by atoms with Crippen molar-refractivity contribution in [1.29, 1.82) is 0 Å². The van der Waals surface area contributed by atoms with E-state index in [0.29, 0.717) is 25.5 Å². The van der Waals surface area contributed by atoms with Gasteiger partial charge < -0.3 is 9.64 Å². The van der Waals surface area contributed by atoms with E-state index in [2.05, 4.69) is 4.72 Å². The molecule has 2 aromatic rings. The lowest BCUT2D eigenvalue weighted by Crippen LogP contribution is -2.41. The maximum absolute atomic E-state index is 12.7. The molecule has 0 aliphatic carbocycles. The molecule has 1 fully saturated rings. The number of nitrogens with one attached hydrogen (secondary N) is 1. The lowest BCUT2D eigenvalue weighted by molar-refractivity contribution is 0.0685. The van der Waals surface area contributed by atoms with E-state index < -0.39 is 14.8 Å². The summed E-state index contributed by atoms with van der Waals surface area (Å²) in [5.74, 6) is 1.57. The maximum Gasteiger partial charge on any atom is 0.253 e. The van der Waals surface area contributed by atoms with Crippen molar-refractivity contribution in [3.8, 4) is 5.75 Å². The molecule has 1 saturated heterocycles. The average molecular weight is 501 g/mol. The molecule has 1 N–H and O–H groups in total. The van der Waals surface area contributed by atoms with E-state index in [9.17, 15) is 13.2 Å². The average Bonchev–Trinajstić information content (AvgIpc) is 2.88. The molecule has 1 aliphatic heterocycles. The number of carbonyl (C=O) groups is 1. The Morgan fingerprint density at radius 3 is 2.29 bits per heavy atom. The van der Waals surface area contributed by atoms with E-state index in [1.54, 1.807) is 13.8 Å². The summed E-state index contributed by atoms with van der Waals surface area (Å²) >= 11 is 0. The van der Waals surface area contributed by atoms with Crippen LogP contribution >= 0.6 is 0 Å². The highest BCUT2D eigenvalue weighted by Gasteiger charge is 2.38. The van der Waals surface area contributed by atoms with Crippen LogP contribution in [-0.2, 0) is 14.8 Å². The summed E-state index contributed by atoms with van der Waals surface area (Å²) in [4.78, 5) is 14.6. The van der Waals surface area contributed by atoms with Crippen molar-refractivity contribution in [3.63, 3.8) is 0 Å². The number of piperidine rings is 1. The van der Waals surface area contributed by atoms with Gasteiger partial charge in [-0.3, -0.25) is 4.79 Å². The summed E-state index contributed by atoms with van der Waals surface area (Å²) in [5, 5.41) is 0. The lowest BCUT2D eigenvalue weighted by atomic mass is 9.91. The van der Waals surface area contributed by atoms with Crippen LogP contribution in [0, 0.1) is 5.92 Å². The third-order valence-corrected chi connectivity index (χ3v) is 9.64. The van der Waals surface area contributed by atoms with Crippen LogP contribution in [-0.4, -0.2) is 45.5 Å². The van der Waals surface area contributed by atoms with Crippen molar-refractivity contribution in [2.24, 2.45) is 5.92 Å². The van der Waals surface area contributed by atoms with E-state index in [-0.39, 0.29) is 5.91 Å². The van der Waals surface area contributed by atoms with Gasteiger partial charge in [0, 0.05) is 25.2 Å². The first-order valence-corrected chi connectivity index (χ1v) is 14.4. The van der Waals surface area contributed by atoms with Crippen LogP contribution < -0.4 is 9.46 Å². The second-order valence-electron chi connectivity index (χ2n) is 9.56. The Bertz CT molecular complexity index is 1030. The highest BCUT2D eigenvalue weighted by Crippen LogP contribution is 2.34. The summed E-state index contributed by atoms with van der Waals surface area (Å²) < 4.78 is 33.0. The second-order valence-corrected chi connectivity index (χ2v) is 11.8. The monoisotopic (exact) mass is 500 g/mol. The fourth-order valence-electron chi connectivity index (χ4n) is 4.72. The van der Waals surface area contributed by atoms with Gasteiger partial charge in [-0.25, -0.2) is 13.1 Å². The molecule has 0 saturated carbocycles. The number of benzene rings is 2. The summed E-state index contributed by atoms with van der Waals surface area (Å²) in [7, 11) is -3.46. The maximum atomic E-state index is 12.7. The standard InChI is InChI=1S/C28H40N2O4S/c1-4-28(3,35(32,33)29-5-2)25-14-16-26(17-15-25)34-22-10-9-11-23-18-20-30(21-19-23)27(31)24-12-7-6-8-13-24/h6-8,12-17,23,29H,4-5,9-11,18-22H2,1-3H3. The molecule has 1 atom stereocenters. The van der Waals surface area contributed by atoms with Crippen LogP contribution in [0.2, 0.25) is 0 Å². The number of unbranched alkanes of at least 4 members (excludes halogenated alkanes) is 1. The number of hydrogen-bond acceptors (Lipinski definition) is 4. The Kier molecular flexibility index (Phi) is 9.75. The molecular weight excluding hydrogens is 460 g/mol. The van der Waals surface area contributed by atoms with Gasteiger partial charge in [-0.05, 0) is 74.8 Å². The van der Waals surface area contributed by atoms with E-state index >= 15 is 0 Å². The zero-order chi connectivity index (χ0) is 25.3. The van der Waals surface area contributed by atoms with Crippen LogP contribution in [0.15, 0.2) is 54.6 Å². The molecule has 2 aromatic carbocycles. The van der Waals surface area contributed by atoms with Gasteiger partial charge in [0.05, 0.1) is 6.61 Å².